The topological polar surface area (TPSA) is 58.3 Å². The minimum absolute atomic E-state index is 0.0849. The van der Waals surface area contributed by atoms with Crippen LogP contribution in [0.15, 0.2) is 6.07 Å². The second-order valence-corrected chi connectivity index (χ2v) is 2.89. The highest BCUT2D eigenvalue weighted by Gasteiger charge is 2.11. The summed E-state index contributed by atoms with van der Waals surface area (Å²) in [7, 11) is 0. The molecule has 0 amide bonds. The molecule has 0 radical (unpaired) electrons. The molecule has 0 spiro atoms. The Morgan fingerprint density at radius 3 is 2.33 bits per heavy atom. The van der Waals surface area contributed by atoms with Gasteiger partial charge >= 0.3 is 0 Å². The molecule has 68 valence electrons. The summed E-state index contributed by atoms with van der Waals surface area (Å²) < 4.78 is 1.65. The maximum atomic E-state index is 8.89. The molecule has 0 bridgehead atoms. The Morgan fingerprint density at radius 1 is 1.42 bits per heavy atom. The zero-order valence-corrected chi connectivity index (χ0v) is 7.36. The smallest absolute Gasteiger partial charge is 0.0983 e. The van der Waals surface area contributed by atoms with Crippen LogP contribution in [0.3, 0.4) is 0 Å². The zero-order chi connectivity index (χ0) is 9.14. The molecule has 12 heavy (non-hydrogen) atoms. The summed E-state index contributed by atoms with van der Waals surface area (Å²) in [6, 6.07) is 1.61. The first-order chi connectivity index (χ1) is 5.69. The third-order valence-corrected chi connectivity index (χ3v) is 1.81. The highest BCUT2D eigenvalue weighted by atomic mass is 16.3. The molecule has 1 heterocycles. The Bertz CT molecular complexity index is 254. The Balaban J connectivity index is 2.91. The van der Waals surface area contributed by atoms with Crippen molar-refractivity contribution < 1.29 is 10.2 Å². The lowest BCUT2D eigenvalue weighted by Gasteiger charge is -2.13. The second-order valence-electron chi connectivity index (χ2n) is 2.89. The first-order valence-electron chi connectivity index (χ1n) is 3.93. The molecular weight excluding hydrogens is 156 g/mol. The van der Waals surface area contributed by atoms with Crippen LogP contribution in [-0.2, 0) is 0 Å². The molecule has 1 aromatic rings. The van der Waals surface area contributed by atoms with E-state index in [0.29, 0.717) is 0 Å². The SMILES string of the molecule is Cc1cc(C)n(C(CO)CO)n1. The highest BCUT2D eigenvalue weighted by molar-refractivity contribution is 5.07. The number of aryl methyl sites for hydroxylation is 2. The molecule has 0 unspecified atom stereocenters. The van der Waals surface area contributed by atoms with E-state index in [1.54, 1.807) is 4.68 Å². The first-order valence-corrected chi connectivity index (χ1v) is 3.93. The van der Waals surface area contributed by atoms with E-state index >= 15 is 0 Å². The van der Waals surface area contributed by atoms with E-state index in [1.165, 1.54) is 0 Å². The molecule has 0 aliphatic rings. The number of aliphatic hydroxyl groups excluding tert-OH is 2. The molecule has 1 aromatic heterocycles. The molecule has 0 fully saturated rings. The maximum absolute atomic E-state index is 8.89. The Hall–Kier alpha value is -0.870. The van der Waals surface area contributed by atoms with Crippen molar-refractivity contribution in [2.24, 2.45) is 0 Å². The van der Waals surface area contributed by atoms with Crippen LogP contribution in [0.4, 0.5) is 0 Å². The summed E-state index contributed by atoms with van der Waals surface area (Å²) in [5, 5.41) is 21.9. The van der Waals surface area contributed by atoms with Crippen LogP contribution >= 0.6 is 0 Å². The van der Waals surface area contributed by atoms with E-state index in [9.17, 15) is 0 Å². The summed E-state index contributed by atoms with van der Waals surface area (Å²) >= 11 is 0. The average Bonchev–Trinajstić information content (AvgIpc) is 2.34. The lowest BCUT2D eigenvalue weighted by atomic mass is 10.3. The van der Waals surface area contributed by atoms with Crippen molar-refractivity contribution in [2.45, 2.75) is 19.9 Å². The first kappa shape index (κ1) is 9.22. The van der Waals surface area contributed by atoms with Crippen molar-refractivity contribution >= 4 is 0 Å². The summed E-state index contributed by atoms with van der Waals surface area (Å²) in [5.41, 5.74) is 1.86. The van der Waals surface area contributed by atoms with Gasteiger partial charge in [-0.2, -0.15) is 5.10 Å². The second kappa shape index (κ2) is 3.69. The van der Waals surface area contributed by atoms with E-state index in [2.05, 4.69) is 5.10 Å². The van der Waals surface area contributed by atoms with E-state index in [4.69, 9.17) is 10.2 Å². The van der Waals surface area contributed by atoms with Crippen molar-refractivity contribution in [1.29, 1.82) is 0 Å². The molecule has 4 heteroatoms. The van der Waals surface area contributed by atoms with E-state index in [1.807, 2.05) is 19.9 Å². The molecule has 0 aliphatic heterocycles. The predicted molar refractivity (Wildman–Crippen MR) is 44.9 cm³/mol. The molecule has 0 saturated heterocycles. The van der Waals surface area contributed by atoms with Crippen molar-refractivity contribution in [3.05, 3.63) is 17.5 Å². The van der Waals surface area contributed by atoms with Crippen LogP contribution in [0.25, 0.3) is 0 Å². The zero-order valence-electron chi connectivity index (χ0n) is 7.36. The lowest BCUT2D eigenvalue weighted by Crippen LogP contribution is -2.19. The largest absolute Gasteiger partial charge is 0.394 e. The van der Waals surface area contributed by atoms with Gasteiger partial charge in [0.25, 0.3) is 0 Å². The molecule has 4 nitrogen and oxygen atoms in total. The molecule has 0 aromatic carbocycles. The van der Waals surface area contributed by atoms with Crippen molar-refractivity contribution in [3.63, 3.8) is 0 Å². The van der Waals surface area contributed by atoms with Crippen LogP contribution in [0.5, 0.6) is 0 Å². The van der Waals surface area contributed by atoms with Gasteiger partial charge in [-0.1, -0.05) is 0 Å². The van der Waals surface area contributed by atoms with Crippen molar-refractivity contribution in [3.8, 4) is 0 Å². The van der Waals surface area contributed by atoms with Crippen molar-refractivity contribution in [2.75, 3.05) is 13.2 Å². The molecule has 2 N–H and O–H groups in total. The van der Waals surface area contributed by atoms with Gasteiger partial charge in [0.2, 0.25) is 0 Å². The standard InChI is InChI=1S/C8H14N2O2/c1-6-3-7(2)10(9-6)8(4-11)5-12/h3,8,11-12H,4-5H2,1-2H3. The van der Waals surface area contributed by atoms with Crippen LogP contribution in [0, 0.1) is 13.8 Å². The third kappa shape index (κ3) is 1.65. The third-order valence-electron chi connectivity index (χ3n) is 1.81. The Kier molecular flexibility index (Phi) is 2.83. The number of hydrogen-bond acceptors (Lipinski definition) is 3. The van der Waals surface area contributed by atoms with Crippen LogP contribution in [-0.4, -0.2) is 33.2 Å². The number of nitrogens with zero attached hydrogens (tertiary/aromatic N) is 2. The number of rotatable bonds is 3. The monoisotopic (exact) mass is 170 g/mol. The fourth-order valence-electron chi connectivity index (χ4n) is 1.23. The maximum Gasteiger partial charge on any atom is 0.0983 e. The van der Waals surface area contributed by atoms with Crippen LogP contribution < -0.4 is 0 Å². The van der Waals surface area contributed by atoms with Crippen LogP contribution in [0.2, 0.25) is 0 Å². The predicted octanol–water partition coefficient (Wildman–Crippen LogP) is 0.0256. The fourth-order valence-corrected chi connectivity index (χ4v) is 1.23. The minimum atomic E-state index is -0.307. The molecule has 0 aliphatic carbocycles. The molecule has 0 atom stereocenters. The van der Waals surface area contributed by atoms with Gasteiger partial charge in [0.15, 0.2) is 0 Å². The minimum Gasteiger partial charge on any atom is -0.394 e. The van der Waals surface area contributed by atoms with Gasteiger partial charge < -0.3 is 10.2 Å². The fraction of sp³-hybridized carbons (Fsp3) is 0.625. The summed E-state index contributed by atoms with van der Waals surface area (Å²) in [5.74, 6) is 0. The molecular formula is C8H14N2O2. The van der Waals surface area contributed by atoms with E-state index < -0.39 is 0 Å². The number of aromatic nitrogens is 2. The van der Waals surface area contributed by atoms with E-state index in [-0.39, 0.29) is 19.3 Å². The highest BCUT2D eigenvalue weighted by Crippen LogP contribution is 2.09. The normalized spacial score (nSPS) is 11.1. The Morgan fingerprint density at radius 2 is 2.00 bits per heavy atom. The lowest BCUT2D eigenvalue weighted by molar-refractivity contribution is 0.144. The number of hydrogen-bond donors (Lipinski definition) is 2. The Labute approximate surface area is 71.5 Å². The van der Waals surface area contributed by atoms with Crippen LogP contribution in [0.1, 0.15) is 17.4 Å². The van der Waals surface area contributed by atoms with E-state index in [0.717, 1.165) is 11.4 Å². The van der Waals surface area contributed by atoms with Gasteiger partial charge in [0.05, 0.1) is 24.9 Å². The molecule has 0 saturated carbocycles. The average molecular weight is 170 g/mol. The van der Waals surface area contributed by atoms with Gasteiger partial charge in [0.1, 0.15) is 0 Å². The quantitative estimate of drug-likeness (QED) is 0.672. The van der Waals surface area contributed by atoms with Gasteiger partial charge in [-0.3, -0.25) is 4.68 Å². The summed E-state index contributed by atoms with van der Waals surface area (Å²) in [4.78, 5) is 0. The van der Waals surface area contributed by atoms with Gasteiger partial charge in [0, 0.05) is 5.69 Å². The molecule has 1 rings (SSSR count). The van der Waals surface area contributed by atoms with Gasteiger partial charge in [-0.15, -0.1) is 0 Å². The van der Waals surface area contributed by atoms with Gasteiger partial charge in [-0.05, 0) is 19.9 Å². The van der Waals surface area contributed by atoms with Gasteiger partial charge in [-0.25, -0.2) is 0 Å². The summed E-state index contributed by atoms with van der Waals surface area (Å²) in [6.07, 6.45) is 0. The van der Waals surface area contributed by atoms with Crippen molar-refractivity contribution in [1.82, 2.24) is 9.78 Å². The summed E-state index contributed by atoms with van der Waals surface area (Å²) in [6.45, 7) is 3.62. The number of aliphatic hydroxyl groups is 2.